The molecule has 4 aromatic rings. The van der Waals surface area contributed by atoms with Crippen molar-refractivity contribution in [2.75, 3.05) is 12.0 Å². The number of methoxy groups -OCH3 is 1. The minimum atomic E-state index is -1.000. The highest BCUT2D eigenvalue weighted by Crippen LogP contribution is 2.43. The molecule has 3 heterocycles. The lowest BCUT2D eigenvalue weighted by Gasteiger charge is -2.30. The third-order valence-corrected chi connectivity index (χ3v) is 6.17. The van der Waals surface area contributed by atoms with Crippen LogP contribution in [0.2, 0.25) is 0 Å². The molecule has 10 heteroatoms. The molecular weight excluding hydrogens is 512 g/mol. The fraction of sp³-hybridized carbons (Fsp3) is 0.400. The van der Waals surface area contributed by atoms with Crippen LogP contribution in [-0.4, -0.2) is 40.0 Å². The lowest BCUT2D eigenvalue weighted by molar-refractivity contribution is 0.0428. The Labute approximate surface area is 233 Å². The second-order valence-electron chi connectivity index (χ2n) is 11.6. The monoisotopic (exact) mass is 546 g/mol. The number of rotatable bonds is 3. The van der Waals surface area contributed by atoms with Gasteiger partial charge in [-0.15, -0.1) is 0 Å². The van der Waals surface area contributed by atoms with E-state index in [4.69, 9.17) is 18.6 Å². The lowest BCUT2D eigenvalue weighted by atomic mass is 10.1. The van der Waals surface area contributed by atoms with Gasteiger partial charge in [0.05, 0.1) is 19.1 Å². The largest absolute Gasteiger partial charge is 0.496 e. The predicted molar refractivity (Wildman–Crippen MR) is 151 cm³/mol. The summed E-state index contributed by atoms with van der Waals surface area (Å²) in [4.78, 5) is 32.9. The first-order chi connectivity index (χ1) is 18.6. The number of nitrogens with zero attached hydrogens (tertiary/aromatic N) is 4. The standard InChI is InChI=1S/C30H34N4O6/c1-16-11-12-21(37-10)18(3)23(16)33-24-20(14-32-22-17(2)15-38-25(22)24)19(13-31)26(33)34(27(35)39-29(4,5)6)28(36)40-30(7,8)9/h11-12,14-15H,1-10H3. The molecule has 0 fully saturated rings. The molecule has 0 atom stereocenters. The van der Waals surface area contributed by atoms with Gasteiger partial charge in [0, 0.05) is 22.7 Å². The van der Waals surface area contributed by atoms with E-state index in [9.17, 15) is 14.9 Å². The average Bonchev–Trinajstić information content (AvgIpc) is 3.35. The van der Waals surface area contributed by atoms with Crippen LogP contribution in [-0.2, 0) is 9.47 Å². The quantitative estimate of drug-likeness (QED) is 0.263. The van der Waals surface area contributed by atoms with Gasteiger partial charge in [-0.1, -0.05) is 6.07 Å². The highest BCUT2D eigenvalue weighted by Gasteiger charge is 2.39. The van der Waals surface area contributed by atoms with E-state index in [0.717, 1.165) is 16.0 Å². The summed E-state index contributed by atoms with van der Waals surface area (Å²) >= 11 is 0. The number of aromatic nitrogens is 2. The van der Waals surface area contributed by atoms with Crippen molar-refractivity contribution >= 4 is 40.0 Å². The van der Waals surface area contributed by atoms with Crippen LogP contribution in [0.3, 0.4) is 0 Å². The van der Waals surface area contributed by atoms with Crippen LogP contribution in [0.25, 0.3) is 27.7 Å². The smallest absolute Gasteiger partial charge is 0.425 e. The number of amides is 2. The average molecular weight is 547 g/mol. The summed E-state index contributed by atoms with van der Waals surface area (Å²) in [6.07, 6.45) is 1.12. The zero-order chi connectivity index (χ0) is 29.7. The van der Waals surface area contributed by atoms with Gasteiger partial charge in [0.1, 0.15) is 39.6 Å². The number of ether oxygens (including phenoxy) is 3. The summed E-state index contributed by atoms with van der Waals surface area (Å²) in [7, 11) is 1.56. The van der Waals surface area contributed by atoms with Crippen LogP contribution in [0.15, 0.2) is 29.0 Å². The van der Waals surface area contributed by atoms with Crippen molar-refractivity contribution < 1.29 is 28.2 Å². The van der Waals surface area contributed by atoms with Crippen LogP contribution in [0.1, 0.15) is 63.8 Å². The molecule has 40 heavy (non-hydrogen) atoms. The van der Waals surface area contributed by atoms with Crippen LogP contribution in [0.4, 0.5) is 15.4 Å². The number of hydrogen-bond donors (Lipinski definition) is 0. The second-order valence-corrected chi connectivity index (χ2v) is 11.6. The van der Waals surface area contributed by atoms with Gasteiger partial charge in [-0.25, -0.2) is 9.59 Å². The van der Waals surface area contributed by atoms with E-state index in [-0.39, 0.29) is 11.4 Å². The van der Waals surface area contributed by atoms with Crippen LogP contribution >= 0.6 is 0 Å². The predicted octanol–water partition coefficient (Wildman–Crippen LogP) is 7.25. The minimum Gasteiger partial charge on any atom is -0.496 e. The van der Waals surface area contributed by atoms with E-state index >= 15 is 0 Å². The summed E-state index contributed by atoms with van der Waals surface area (Å²) in [5.41, 5.74) is 2.46. The van der Waals surface area contributed by atoms with Crippen molar-refractivity contribution in [1.82, 2.24) is 9.55 Å². The van der Waals surface area contributed by atoms with Gasteiger partial charge < -0.3 is 18.6 Å². The Kier molecular flexibility index (Phi) is 7.05. The first-order valence-corrected chi connectivity index (χ1v) is 12.8. The van der Waals surface area contributed by atoms with E-state index < -0.39 is 23.4 Å². The molecule has 0 saturated carbocycles. The van der Waals surface area contributed by atoms with Crippen molar-refractivity contribution in [2.45, 2.75) is 73.5 Å². The zero-order valence-corrected chi connectivity index (χ0v) is 24.5. The van der Waals surface area contributed by atoms with E-state index in [2.05, 4.69) is 11.1 Å². The molecule has 0 saturated heterocycles. The van der Waals surface area contributed by atoms with Gasteiger partial charge in [0.25, 0.3) is 0 Å². The van der Waals surface area contributed by atoms with Gasteiger partial charge in [-0.2, -0.15) is 10.2 Å². The van der Waals surface area contributed by atoms with Crippen molar-refractivity contribution in [3.05, 3.63) is 46.8 Å². The number of carbonyl (C=O) groups excluding carboxylic acids is 2. The molecule has 1 aromatic carbocycles. The van der Waals surface area contributed by atoms with Crippen molar-refractivity contribution in [1.29, 1.82) is 5.26 Å². The van der Waals surface area contributed by atoms with Crippen molar-refractivity contribution in [3.8, 4) is 17.5 Å². The molecule has 0 unspecified atom stereocenters. The number of furan rings is 1. The van der Waals surface area contributed by atoms with Crippen LogP contribution in [0.5, 0.6) is 5.75 Å². The van der Waals surface area contributed by atoms with Gasteiger partial charge in [0.15, 0.2) is 11.4 Å². The maximum Gasteiger partial charge on any atom is 0.425 e. The number of fused-ring (bicyclic) bond motifs is 3. The molecule has 2 amide bonds. The summed E-state index contributed by atoms with van der Waals surface area (Å²) in [5.74, 6) is 0.526. The Morgan fingerprint density at radius 3 is 2.12 bits per heavy atom. The molecule has 0 N–H and O–H groups in total. The van der Waals surface area contributed by atoms with Crippen LogP contribution < -0.4 is 9.64 Å². The number of carbonyl (C=O) groups is 2. The SMILES string of the molecule is COc1ccc(C)c(-n2c(N(C(=O)OC(C)(C)C)C(=O)OC(C)(C)C)c(C#N)c3cnc4c(C)coc4c32)c1C. The molecule has 0 bridgehead atoms. The Balaban J connectivity index is 2.25. The molecular formula is C30H34N4O6. The number of nitriles is 1. The van der Waals surface area contributed by atoms with E-state index in [1.165, 1.54) is 0 Å². The minimum absolute atomic E-state index is 0.0248. The third kappa shape index (κ3) is 4.95. The fourth-order valence-electron chi connectivity index (χ4n) is 4.61. The third-order valence-electron chi connectivity index (χ3n) is 6.17. The summed E-state index contributed by atoms with van der Waals surface area (Å²) in [5, 5.41) is 10.9. The summed E-state index contributed by atoms with van der Waals surface area (Å²) in [6, 6.07) is 5.89. The Bertz CT molecular complexity index is 1660. The zero-order valence-electron chi connectivity index (χ0n) is 24.5. The topological polar surface area (TPSA) is 120 Å². The Morgan fingerprint density at radius 1 is 1.00 bits per heavy atom. The Hall–Kier alpha value is -4.52. The Morgan fingerprint density at radius 2 is 1.60 bits per heavy atom. The number of pyridine rings is 1. The molecule has 4 rings (SSSR count). The normalized spacial score (nSPS) is 11.9. The molecule has 0 radical (unpaired) electrons. The van der Waals surface area contributed by atoms with Gasteiger partial charge in [0.2, 0.25) is 0 Å². The number of anilines is 1. The molecule has 10 nitrogen and oxygen atoms in total. The van der Waals surface area contributed by atoms with E-state index in [1.54, 1.807) is 65.7 Å². The maximum absolute atomic E-state index is 13.8. The summed E-state index contributed by atoms with van der Waals surface area (Å²) < 4.78 is 24.6. The van der Waals surface area contributed by atoms with Crippen LogP contribution in [0, 0.1) is 32.1 Å². The van der Waals surface area contributed by atoms with Gasteiger partial charge >= 0.3 is 12.2 Å². The van der Waals surface area contributed by atoms with Crippen molar-refractivity contribution in [2.24, 2.45) is 0 Å². The summed E-state index contributed by atoms with van der Waals surface area (Å²) in [6.45, 7) is 15.7. The highest BCUT2D eigenvalue weighted by molar-refractivity contribution is 6.15. The lowest BCUT2D eigenvalue weighted by Crippen LogP contribution is -2.45. The molecule has 0 aliphatic rings. The van der Waals surface area contributed by atoms with E-state index in [1.807, 2.05) is 32.9 Å². The number of imide groups is 1. The first kappa shape index (κ1) is 28.5. The number of benzene rings is 1. The fourth-order valence-corrected chi connectivity index (χ4v) is 4.61. The molecule has 3 aromatic heterocycles. The maximum atomic E-state index is 13.8. The first-order valence-electron chi connectivity index (χ1n) is 12.8. The van der Waals surface area contributed by atoms with E-state index in [0.29, 0.717) is 39.0 Å². The van der Waals surface area contributed by atoms with Gasteiger partial charge in [-0.3, -0.25) is 9.55 Å². The second kappa shape index (κ2) is 9.90. The van der Waals surface area contributed by atoms with Crippen molar-refractivity contribution in [3.63, 3.8) is 0 Å². The van der Waals surface area contributed by atoms with Gasteiger partial charge in [-0.05, 0) is 73.9 Å². The highest BCUT2D eigenvalue weighted by atomic mass is 16.6. The number of aryl methyl sites for hydroxylation is 2. The number of hydrogen-bond acceptors (Lipinski definition) is 8. The molecule has 0 aliphatic heterocycles. The molecule has 0 spiro atoms. The molecule has 0 aliphatic carbocycles. The molecule has 210 valence electrons.